The molecule has 7 heteroatoms. The molecule has 0 fully saturated rings. The summed E-state index contributed by atoms with van der Waals surface area (Å²) in [5.41, 5.74) is -0.687. The Bertz CT molecular complexity index is 465. The number of nitrogens with zero attached hydrogens (tertiary/aromatic N) is 2. The summed E-state index contributed by atoms with van der Waals surface area (Å²) in [5, 5.41) is 3.55. The lowest BCUT2D eigenvalue weighted by Gasteiger charge is -2.32. The maximum atomic E-state index is 12.1. The van der Waals surface area contributed by atoms with Crippen molar-refractivity contribution in [3.8, 4) is 0 Å². The third-order valence-electron chi connectivity index (χ3n) is 3.01. The summed E-state index contributed by atoms with van der Waals surface area (Å²) in [5.74, 6) is 0.654. The molecule has 1 rings (SSSR count). The Kier molecular flexibility index (Phi) is 7.09. The van der Waals surface area contributed by atoms with Crippen LogP contribution in [0.3, 0.4) is 0 Å². The number of aryl methyl sites for hydroxylation is 1. The molecule has 0 saturated carbocycles. The van der Waals surface area contributed by atoms with E-state index in [0.717, 1.165) is 16.6 Å². The van der Waals surface area contributed by atoms with Crippen molar-refractivity contribution in [3.05, 3.63) is 5.82 Å². The van der Waals surface area contributed by atoms with Gasteiger partial charge in [0.15, 0.2) is 4.34 Å². The summed E-state index contributed by atoms with van der Waals surface area (Å²) in [6.45, 7) is 10.1. The molecule has 0 radical (unpaired) electrons. The lowest BCUT2D eigenvalue weighted by atomic mass is 9.95. The topological polar surface area (TPSA) is 64.1 Å². The van der Waals surface area contributed by atoms with Crippen LogP contribution in [0.25, 0.3) is 0 Å². The number of ether oxygens (including phenoxy) is 1. The van der Waals surface area contributed by atoms with Crippen LogP contribution < -0.4 is 5.32 Å². The number of thioether (sulfide) groups is 1. The average Bonchev–Trinajstić information content (AvgIpc) is 2.83. The summed E-state index contributed by atoms with van der Waals surface area (Å²) in [6.07, 6.45) is 1.52. The number of aromatic nitrogens is 2. The van der Waals surface area contributed by atoms with Crippen molar-refractivity contribution in [1.29, 1.82) is 0 Å². The van der Waals surface area contributed by atoms with Gasteiger partial charge in [0.25, 0.3) is 0 Å². The minimum Gasteiger partial charge on any atom is -0.468 e. The molecular formula is C14H25N3O2S2. The van der Waals surface area contributed by atoms with Crippen molar-refractivity contribution in [2.45, 2.75) is 68.6 Å². The Labute approximate surface area is 135 Å². The summed E-state index contributed by atoms with van der Waals surface area (Å²) in [7, 11) is 1.43. The van der Waals surface area contributed by atoms with E-state index in [1.807, 2.05) is 27.7 Å². The highest BCUT2D eigenvalue weighted by Crippen LogP contribution is 2.30. The third kappa shape index (κ3) is 5.56. The predicted molar refractivity (Wildman–Crippen MR) is 87.9 cm³/mol. The van der Waals surface area contributed by atoms with Crippen molar-refractivity contribution in [2.75, 3.05) is 7.11 Å². The fourth-order valence-corrected chi connectivity index (χ4v) is 4.48. The molecular weight excluding hydrogens is 306 g/mol. The molecule has 0 amide bonds. The first-order chi connectivity index (χ1) is 9.80. The molecule has 5 nitrogen and oxygen atoms in total. The van der Waals surface area contributed by atoms with Gasteiger partial charge in [-0.25, -0.2) is 4.98 Å². The first-order valence-corrected chi connectivity index (χ1v) is 8.81. The highest BCUT2D eigenvalue weighted by atomic mass is 32.2. The molecule has 0 aliphatic heterocycles. The van der Waals surface area contributed by atoms with Crippen molar-refractivity contribution in [3.63, 3.8) is 0 Å². The van der Waals surface area contributed by atoms with Gasteiger partial charge in [-0.3, -0.25) is 10.1 Å². The van der Waals surface area contributed by atoms with Crippen LogP contribution in [0.15, 0.2) is 4.34 Å². The number of nitrogens with one attached hydrogen (secondary N) is 1. The molecule has 120 valence electrons. The van der Waals surface area contributed by atoms with Crippen LogP contribution in [0.2, 0.25) is 0 Å². The molecule has 0 saturated heterocycles. The second kappa shape index (κ2) is 8.10. The molecule has 1 aromatic rings. The first kappa shape index (κ1) is 18.4. The predicted octanol–water partition coefficient (Wildman–Crippen LogP) is 2.90. The van der Waals surface area contributed by atoms with Gasteiger partial charge >= 0.3 is 5.97 Å². The molecule has 0 aromatic carbocycles. The smallest absolute Gasteiger partial charge is 0.325 e. The Morgan fingerprint density at radius 1 is 1.48 bits per heavy atom. The number of methoxy groups -OCH3 is 1. The van der Waals surface area contributed by atoms with E-state index in [9.17, 15) is 4.79 Å². The van der Waals surface area contributed by atoms with Gasteiger partial charge in [0, 0.05) is 17.7 Å². The molecule has 1 aromatic heterocycles. The molecule has 0 aliphatic carbocycles. The van der Waals surface area contributed by atoms with Gasteiger partial charge in [-0.2, -0.15) is 4.37 Å². The van der Waals surface area contributed by atoms with Crippen LogP contribution in [0.1, 0.15) is 46.9 Å². The number of esters is 1. The van der Waals surface area contributed by atoms with Crippen LogP contribution >= 0.6 is 23.3 Å². The van der Waals surface area contributed by atoms with Crippen LogP contribution in [-0.2, 0) is 16.0 Å². The fraction of sp³-hybridized carbons (Fsp3) is 0.786. The zero-order chi connectivity index (χ0) is 16.0. The number of hydrogen-bond donors (Lipinski definition) is 1. The summed E-state index contributed by atoms with van der Waals surface area (Å²) in [4.78, 5) is 16.5. The SMILES string of the molecule is CCc1nsc(SC(C)CC(C)(NC(C)C)C(=O)OC)n1. The van der Waals surface area contributed by atoms with Crippen molar-refractivity contribution in [1.82, 2.24) is 14.7 Å². The largest absolute Gasteiger partial charge is 0.468 e. The molecule has 0 spiro atoms. The van der Waals surface area contributed by atoms with E-state index in [1.54, 1.807) is 11.8 Å². The fourth-order valence-electron chi connectivity index (χ4n) is 2.28. The molecule has 0 aliphatic rings. The van der Waals surface area contributed by atoms with Gasteiger partial charge in [0.1, 0.15) is 11.4 Å². The Morgan fingerprint density at radius 2 is 2.14 bits per heavy atom. The molecule has 0 bridgehead atoms. The highest BCUT2D eigenvalue weighted by Gasteiger charge is 2.36. The van der Waals surface area contributed by atoms with Crippen LogP contribution in [0.5, 0.6) is 0 Å². The second-order valence-electron chi connectivity index (χ2n) is 5.59. The normalized spacial score (nSPS) is 15.8. The average molecular weight is 332 g/mol. The summed E-state index contributed by atoms with van der Waals surface area (Å²) < 4.78 is 10.2. The minimum absolute atomic E-state index is 0.208. The standard InChI is InChI=1S/C14H25N3O2S2/c1-7-11-15-13(21-17-11)20-10(4)8-14(5,12(18)19-6)16-9(2)3/h9-10,16H,7-8H2,1-6H3. The van der Waals surface area contributed by atoms with Gasteiger partial charge in [0.2, 0.25) is 0 Å². The van der Waals surface area contributed by atoms with Crippen LogP contribution in [0.4, 0.5) is 0 Å². The number of carbonyl (C=O) groups excluding carboxylic acids is 1. The molecule has 1 heterocycles. The number of hydrogen-bond acceptors (Lipinski definition) is 7. The Morgan fingerprint density at radius 3 is 2.62 bits per heavy atom. The Hall–Kier alpha value is -0.660. The molecule has 21 heavy (non-hydrogen) atoms. The van der Waals surface area contributed by atoms with Crippen LogP contribution in [0, 0.1) is 0 Å². The highest BCUT2D eigenvalue weighted by molar-refractivity contribution is 8.01. The van der Waals surface area contributed by atoms with Gasteiger partial charge in [-0.15, -0.1) is 0 Å². The lowest BCUT2D eigenvalue weighted by Crippen LogP contribution is -2.54. The van der Waals surface area contributed by atoms with Gasteiger partial charge in [-0.1, -0.05) is 25.6 Å². The van der Waals surface area contributed by atoms with Crippen molar-refractivity contribution >= 4 is 29.3 Å². The zero-order valence-electron chi connectivity index (χ0n) is 13.6. The minimum atomic E-state index is -0.687. The van der Waals surface area contributed by atoms with E-state index in [1.165, 1.54) is 18.6 Å². The van der Waals surface area contributed by atoms with Gasteiger partial charge in [-0.05, 0) is 38.7 Å². The van der Waals surface area contributed by atoms with Gasteiger partial charge < -0.3 is 4.74 Å². The monoisotopic (exact) mass is 331 g/mol. The third-order valence-corrected chi connectivity index (χ3v) is 4.93. The van der Waals surface area contributed by atoms with E-state index in [-0.39, 0.29) is 17.3 Å². The maximum absolute atomic E-state index is 12.1. The van der Waals surface area contributed by atoms with E-state index in [4.69, 9.17) is 4.74 Å². The number of rotatable bonds is 8. The van der Waals surface area contributed by atoms with Gasteiger partial charge in [0.05, 0.1) is 7.11 Å². The summed E-state index contributed by atoms with van der Waals surface area (Å²) >= 11 is 3.08. The van der Waals surface area contributed by atoms with Crippen molar-refractivity contribution < 1.29 is 9.53 Å². The molecule has 2 atom stereocenters. The lowest BCUT2D eigenvalue weighted by molar-refractivity contribution is -0.148. The van der Waals surface area contributed by atoms with E-state index >= 15 is 0 Å². The maximum Gasteiger partial charge on any atom is 0.325 e. The summed E-state index contributed by atoms with van der Waals surface area (Å²) in [6, 6.07) is 0.208. The number of carbonyl (C=O) groups is 1. The quantitative estimate of drug-likeness (QED) is 0.584. The van der Waals surface area contributed by atoms with Crippen molar-refractivity contribution in [2.24, 2.45) is 0 Å². The Balaban J connectivity index is 2.71. The van der Waals surface area contributed by atoms with E-state index in [0.29, 0.717) is 6.42 Å². The van der Waals surface area contributed by atoms with E-state index < -0.39 is 5.54 Å². The molecule has 2 unspecified atom stereocenters. The zero-order valence-corrected chi connectivity index (χ0v) is 15.2. The molecule has 1 N–H and O–H groups in total. The second-order valence-corrected chi connectivity index (χ2v) is 8.02. The first-order valence-electron chi connectivity index (χ1n) is 7.16. The van der Waals surface area contributed by atoms with E-state index in [2.05, 4.69) is 21.6 Å². The van der Waals surface area contributed by atoms with Crippen LogP contribution in [-0.4, -0.2) is 39.3 Å².